The first-order valence-corrected chi connectivity index (χ1v) is 10.2. The SMILES string of the molecule is COc1ccc(NC(=O)C[NH+]2CCC[C@@H]2c2nc3ccccc3s2)cc1OC. The summed E-state index contributed by atoms with van der Waals surface area (Å²) in [6.07, 6.45) is 2.18. The van der Waals surface area contributed by atoms with Crippen molar-refractivity contribution in [2.24, 2.45) is 0 Å². The van der Waals surface area contributed by atoms with E-state index in [1.807, 2.05) is 24.3 Å². The number of hydrogen-bond acceptors (Lipinski definition) is 5. The van der Waals surface area contributed by atoms with Gasteiger partial charge in [0.2, 0.25) is 0 Å². The highest BCUT2D eigenvalue weighted by Gasteiger charge is 2.34. The zero-order valence-corrected chi connectivity index (χ0v) is 16.8. The molecule has 4 rings (SSSR count). The minimum absolute atomic E-state index is 0.00442. The fourth-order valence-corrected chi connectivity index (χ4v) is 4.95. The molecule has 1 unspecified atom stereocenters. The van der Waals surface area contributed by atoms with Crippen molar-refractivity contribution >= 4 is 33.1 Å². The minimum Gasteiger partial charge on any atom is -0.493 e. The zero-order chi connectivity index (χ0) is 19.5. The quantitative estimate of drug-likeness (QED) is 0.670. The van der Waals surface area contributed by atoms with Crippen molar-refractivity contribution in [1.82, 2.24) is 4.98 Å². The van der Waals surface area contributed by atoms with Crippen LogP contribution < -0.4 is 19.7 Å². The van der Waals surface area contributed by atoms with E-state index in [0.717, 1.165) is 29.9 Å². The van der Waals surface area contributed by atoms with E-state index < -0.39 is 0 Å². The highest BCUT2D eigenvalue weighted by Crippen LogP contribution is 2.30. The summed E-state index contributed by atoms with van der Waals surface area (Å²) in [5.41, 5.74) is 1.75. The molecule has 0 bridgehead atoms. The van der Waals surface area contributed by atoms with Crippen LogP contribution in [-0.4, -0.2) is 38.2 Å². The third kappa shape index (κ3) is 3.81. The number of para-hydroxylation sites is 1. The van der Waals surface area contributed by atoms with Crippen molar-refractivity contribution < 1.29 is 19.2 Å². The Labute approximate surface area is 168 Å². The second-order valence-electron chi connectivity index (χ2n) is 6.92. The van der Waals surface area contributed by atoms with Gasteiger partial charge >= 0.3 is 0 Å². The molecule has 1 aromatic heterocycles. The molecule has 1 saturated heterocycles. The summed E-state index contributed by atoms with van der Waals surface area (Å²) in [4.78, 5) is 18.7. The summed E-state index contributed by atoms with van der Waals surface area (Å²) < 4.78 is 11.8. The molecule has 3 aromatic rings. The van der Waals surface area contributed by atoms with Crippen LogP contribution in [0, 0.1) is 0 Å². The molecular formula is C21H24N3O3S+. The Bertz CT molecular complexity index is 955. The number of amides is 1. The summed E-state index contributed by atoms with van der Waals surface area (Å²) in [6, 6.07) is 13.9. The number of aromatic nitrogens is 1. The number of ether oxygens (including phenoxy) is 2. The van der Waals surface area contributed by atoms with E-state index in [0.29, 0.717) is 23.7 Å². The van der Waals surface area contributed by atoms with Gasteiger partial charge in [-0.25, -0.2) is 4.98 Å². The van der Waals surface area contributed by atoms with Crippen molar-refractivity contribution in [3.05, 3.63) is 47.5 Å². The van der Waals surface area contributed by atoms with Crippen LogP contribution in [0.15, 0.2) is 42.5 Å². The number of carbonyl (C=O) groups is 1. The third-order valence-corrected chi connectivity index (χ3v) is 6.30. The van der Waals surface area contributed by atoms with E-state index in [1.165, 1.54) is 9.60 Å². The van der Waals surface area contributed by atoms with Gasteiger partial charge in [0.05, 0.1) is 31.0 Å². The maximum atomic E-state index is 12.7. The van der Waals surface area contributed by atoms with Crippen molar-refractivity contribution in [2.45, 2.75) is 18.9 Å². The molecule has 0 spiro atoms. The first kappa shape index (κ1) is 18.7. The van der Waals surface area contributed by atoms with E-state index in [2.05, 4.69) is 11.4 Å². The Morgan fingerprint density at radius 1 is 1.21 bits per heavy atom. The lowest BCUT2D eigenvalue weighted by Crippen LogP contribution is -3.11. The number of nitrogens with zero attached hydrogens (tertiary/aromatic N) is 1. The second kappa shape index (κ2) is 8.16. The summed E-state index contributed by atoms with van der Waals surface area (Å²) in [6.45, 7) is 1.41. The van der Waals surface area contributed by atoms with Crippen molar-refractivity contribution in [3.63, 3.8) is 0 Å². The minimum atomic E-state index is -0.00442. The van der Waals surface area contributed by atoms with E-state index in [9.17, 15) is 4.79 Å². The molecular weight excluding hydrogens is 374 g/mol. The number of thiazole rings is 1. The summed E-state index contributed by atoms with van der Waals surface area (Å²) in [7, 11) is 3.18. The second-order valence-corrected chi connectivity index (χ2v) is 7.98. The average molecular weight is 399 g/mol. The lowest BCUT2D eigenvalue weighted by molar-refractivity contribution is -0.910. The number of hydrogen-bond donors (Lipinski definition) is 2. The molecule has 6 nitrogen and oxygen atoms in total. The number of likely N-dealkylation sites (tertiary alicyclic amines) is 1. The van der Waals surface area contributed by atoms with Gasteiger partial charge in [-0.2, -0.15) is 0 Å². The van der Waals surface area contributed by atoms with E-state index in [4.69, 9.17) is 14.5 Å². The summed E-state index contributed by atoms with van der Waals surface area (Å²) in [5.74, 6) is 1.23. The van der Waals surface area contributed by atoms with Gasteiger partial charge in [0, 0.05) is 24.6 Å². The molecule has 0 saturated carbocycles. The fourth-order valence-electron chi connectivity index (χ4n) is 3.79. The third-order valence-electron chi connectivity index (χ3n) is 5.15. The molecule has 28 heavy (non-hydrogen) atoms. The van der Waals surface area contributed by atoms with Crippen LogP contribution in [0.5, 0.6) is 11.5 Å². The first-order chi connectivity index (χ1) is 13.7. The van der Waals surface area contributed by atoms with E-state index >= 15 is 0 Å². The van der Waals surface area contributed by atoms with Gasteiger partial charge in [-0.3, -0.25) is 4.79 Å². The Balaban J connectivity index is 1.45. The number of benzene rings is 2. The topological polar surface area (TPSA) is 64.9 Å². The Kier molecular flexibility index (Phi) is 5.45. The number of methoxy groups -OCH3 is 2. The molecule has 2 aromatic carbocycles. The van der Waals surface area contributed by atoms with Crippen LogP contribution in [-0.2, 0) is 4.79 Å². The Morgan fingerprint density at radius 2 is 2.04 bits per heavy atom. The molecule has 2 N–H and O–H groups in total. The van der Waals surface area contributed by atoms with E-state index in [-0.39, 0.29) is 11.9 Å². The molecule has 2 atom stereocenters. The van der Waals surface area contributed by atoms with Crippen LogP contribution in [0.3, 0.4) is 0 Å². The molecule has 7 heteroatoms. The number of rotatable bonds is 6. The van der Waals surface area contributed by atoms with Crippen molar-refractivity contribution in [3.8, 4) is 11.5 Å². The monoisotopic (exact) mass is 398 g/mol. The zero-order valence-electron chi connectivity index (χ0n) is 16.0. The predicted octanol–water partition coefficient (Wildman–Crippen LogP) is 2.67. The predicted molar refractivity (Wildman–Crippen MR) is 110 cm³/mol. The molecule has 1 aliphatic heterocycles. The van der Waals surface area contributed by atoms with Gasteiger partial charge in [0.25, 0.3) is 5.91 Å². The van der Waals surface area contributed by atoms with Gasteiger partial charge in [-0.05, 0) is 24.3 Å². The van der Waals surface area contributed by atoms with Crippen LogP contribution in [0.1, 0.15) is 23.9 Å². The normalized spacial score (nSPS) is 18.9. The summed E-state index contributed by atoms with van der Waals surface area (Å²) in [5, 5.41) is 4.11. The van der Waals surface area contributed by atoms with Crippen molar-refractivity contribution in [1.29, 1.82) is 0 Å². The number of anilines is 1. The average Bonchev–Trinajstić information content (AvgIpc) is 3.33. The van der Waals surface area contributed by atoms with Gasteiger partial charge in [0.15, 0.2) is 23.1 Å². The van der Waals surface area contributed by atoms with Gasteiger partial charge < -0.3 is 19.7 Å². The number of nitrogens with one attached hydrogen (secondary N) is 2. The van der Waals surface area contributed by atoms with Gasteiger partial charge in [-0.15, -0.1) is 11.3 Å². The number of carbonyl (C=O) groups excluding carboxylic acids is 1. The highest BCUT2D eigenvalue weighted by atomic mass is 32.1. The lowest BCUT2D eigenvalue weighted by atomic mass is 10.2. The Morgan fingerprint density at radius 3 is 2.82 bits per heavy atom. The summed E-state index contributed by atoms with van der Waals surface area (Å²) >= 11 is 1.74. The van der Waals surface area contributed by atoms with Crippen LogP contribution >= 0.6 is 11.3 Å². The van der Waals surface area contributed by atoms with E-state index in [1.54, 1.807) is 37.7 Å². The number of fused-ring (bicyclic) bond motifs is 1. The Hall–Kier alpha value is -2.64. The first-order valence-electron chi connectivity index (χ1n) is 9.40. The number of quaternary nitrogens is 1. The fraction of sp³-hybridized carbons (Fsp3) is 0.333. The molecule has 146 valence electrons. The maximum Gasteiger partial charge on any atom is 0.279 e. The molecule has 1 aliphatic rings. The molecule has 0 aliphatic carbocycles. The van der Waals surface area contributed by atoms with Crippen LogP contribution in [0.4, 0.5) is 5.69 Å². The smallest absolute Gasteiger partial charge is 0.279 e. The largest absolute Gasteiger partial charge is 0.493 e. The lowest BCUT2D eigenvalue weighted by Gasteiger charge is -2.19. The van der Waals surface area contributed by atoms with Crippen LogP contribution in [0.2, 0.25) is 0 Å². The molecule has 0 radical (unpaired) electrons. The van der Waals surface area contributed by atoms with Gasteiger partial charge in [-0.1, -0.05) is 12.1 Å². The maximum absolute atomic E-state index is 12.7. The highest BCUT2D eigenvalue weighted by molar-refractivity contribution is 7.18. The van der Waals surface area contributed by atoms with Crippen molar-refractivity contribution in [2.75, 3.05) is 32.6 Å². The van der Waals surface area contributed by atoms with Crippen LogP contribution in [0.25, 0.3) is 10.2 Å². The standard InChI is InChI=1S/C21H23N3O3S/c1-26-17-10-9-14(12-18(17)27-2)22-20(25)13-24-11-5-7-16(24)21-23-15-6-3-4-8-19(15)28-21/h3-4,6,8-10,12,16H,5,7,11,13H2,1-2H3,(H,22,25)/p+1/t16-/m1/s1. The molecule has 1 fully saturated rings. The molecule has 1 amide bonds. The van der Waals surface area contributed by atoms with Gasteiger partial charge in [0.1, 0.15) is 6.04 Å². The molecule has 2 heterocycles.